The second-order valence-corrected chi connectivity index (χ2v) is 7.67. The molecule has 0 saturated carbocycles. The lowest BCUT2D eigenvalue weighted by molar-refractivity contribution is -0.120. The van der Waals surface area contributed by atoms with Gasteiger partial charge in [-0.15, -0.1) is 10.2 Å². The molecule has 2 aromatic carbocycles. The lowest BCUT2D eigenvalue weighted by Crippen LogP contribution is -2.38. The van der Waals surface area contributed by atoms with Gasteiger partial charge in [0.25, 0.3) is 0 Å². The number of halogens is 1. The third kappa shape index (κ3) is 4.54. The van der Waals surface area contributed by atoms with Crippen molar-refractivity contribution < 1.29 is 9.53 Å². The zero-order valence-corrected chi connectivity index (χ0v) is 17.5. The smallest absolute Gasteiger partial charge is 0.227 e. The summed E-state index contributed by atoms with van der Waals surface area (Å²) in [6.07, 6.45) is 1.53. The fraction of sp³-hybridized carbons (Fsp3) is 0.261. The molecular formula is C23H23ClN4O2. The Balaban J connectivity index is 1.36. The van der Waals surface area contributed by atoms with Crippen molar-refractivity contribution in [2.75, 3.05) is 30.4 Å². The topological polar surface area (TPSA) is 67.3 Å². The summed E-state index contributed by atoms with van der Waals surface area (Å²) in [5.41, 5.74) is 2.41. The summed E-state index contributed by atoms with van der Waals surface area (Å²) >= 11 is 5.99. The third-order valence-electron chi connectivity index (χ3n) is 5.32. The SMILES string of the molecule is COc1ccccc1-c1ccc(N2CCC(C(=O)Nc3cccc(Cl)c3)CC2)nn1. The Labute approximate surface area is 180 Å². The maximum absolute atomic E-state index is 12.6. The van der Waals surface area contributed by atoms with Crippen molar-refractivity contribution >= 4 is 29.0 Å². The molecule has 30 heavy (non-hydrogen) atoms. The molecule has 0 unspecified atom stereocenters. The zero-order valence-electron chi connectivity index (χ0n) is 16.7. The highest BCUT2D eigenvalue weighted by Gasteiger charge is 2.26. The Morgan fingerprint density at radius 2 is 1.87 bits per heavy atom. The van der Waals surface area contributed by atoms with Crippen LogP contribution in [0.2, 0.25) is 5.02 Å². The van der Waals surface area contributed by atoms with Gasteiger partial charge in [-0.3, -0.25) is 4.79 Å². The number of amides is 1. The number of piperidine rings is 1. The molecule has 1 N–H and O–H groups in total. The second-order valence-electron chi connectivity index (χ2n) is 7.24. The van der Waals surface area contributed by atoms with Gasteiger partial charge in [-0.25, -0.2) is 0 Å². The van der Waals surface area contributed by atoms with Crippen molar-refractivity contribution in [2.24, 2.45) is 5.92 Å². The monoisotopic (exact) mass is 422 g/mol. The number of ether oxygens (including phenoxy) is 1. The van der Waals surface area contributed by atoms with Crippen molar-refractivity contribution in [1.29, 1.82) is 0 Å². The van der Waals surface area contributed by atoms with Crippen LogP contribution in [-0.4, -0.2) is 36.3 Å². The number of carbonyl (C=O) groups excluding carboxylic acids is 1. The number of rotatable bonds is 5. The highest BCUT2D eigenvalue weighted by atomic mass is 35.5. The number of nitrogens with zero attached hydrogens (tertiary/aromatic N) is 3. The minimum absolute atomic E-state index is 0.0268. The molecule has 7 heteroatoms. The number of hydrogen-bond acceptors (Lipinski definition) is 5. The summed E-state index contributed by atoms with van der Waals surface area (Å²) in [6.45, 7) is 1.52. The van der Waals surface area contributed by atoms with E-state index in [1.165, 1.54) is 0 Å². The molecule has 0 atom stereocenters. The van der Waals surface area contributed by atoms with E-state index >= 15 is 0 Å². The van der Waals surface area contributed by atoms with E-state index in [1.54, 1.807) is 19.2 Å². The minimum atomic E-state index is -0.0268. The lowest BCUT2D eigenvalue weighted by atomic mass is 9.96. The van der Waals surface area contributed by atoms with Gasteiger partial charge in [0.2, 0.25) is 5.91 Å². The van der Waals surface area contributed by atoms with Crippen LogP contribution < -0.4 is 15.0 Å². The first-order valence-electron chi connectivity index (χ1n) is 9.92. The third-order valence-corrected chi connectivity index (χ3v) is 5.55. The largest absolute Gasteiger partial charge is 0.496 e. The Kier molecular flexibility index (Phi) is 6.14. The van der Waals surface area contributed by atoms with Gasteiger partial charge in [0, 0.05) is 35.3 Å². The van der Waals surface area contributed by atoms with Gasteiger partial charge in [-0.05, 0) is 55.3 Å². The first-order valence-corrected chi connectivity index (χ1v) is 10.3. The van der Waals surface area contributed by atoms with Crippen LogP contribution in [0.3, 0.4) is 0 Å². The van der Waals surface area contributed by atoms with Crippen LogP contribution in [0.4, 0.5) is 11.5 Å². The molecular weight excluding hydrogens is 400 g/mol. The second kappa shape index (κ2) is 9.13. The van der Waals surface area contributed by atoms with E-state index in [1.807, 2.05) is 48.5 Å². The fourth-order valence-electron chi connectivity index (χ4n) is 3.68. The molecule has 1 saturated heterocycles. The molecule has 1 aliphatic rings. The van der Waals surface area contributed by atoms with Crippen LogP contribution in [0.5, 0.6) is 5.75 Å². The van der Waals surface area contributed by atoms with Gasteiger partial charge in [-0.2, -0.15) is 0 Å². The predicted octanol–water partition coefficient (Wildman–Crippen LogP) is 4.66. The highest BCUT2D eigenvalue weighted by molar-refractivity contribution is 6.30. The quantitative estimate of drug-likeness (QED) is 0.647. The number of nitrogens with one attached hydrogen (secondary N) is 1. The summed E-state index contributed by atoms with van der Waals surface area (Å²) < 4.78 is 5.41. The molecule has 4 rings (SSSR count). The van der Waals surface area contributed by atoms with Gasteiger partial charge >= 0.3 is 0 Å². The molecule has 0 spiro atoms. The molecule has 1 amide bonds. The first-order chi connectivity index (χ1) is 14.6. The average Bonchev–Trinajstić information content (AvgIpc) is 2.79. The fourth-order valence-corrected chi connectivity index (χ4v) is 3.87. The summed E-state index contributed by atoms with van der Waals surface area (Å²) in [7, 11) is 1.65. The van der Waals surface area contributed by atoms with Crippen LogP contribution in [0, 0.1) is 5.92 Å². The molecule has 1 aromatic heterocycles. The molecule has 0 radical (unpaired) electrons. The van der Waals surface area contributed by atoms with E-state index in [-0.39, 0.29) is 11.8 Å². The van der Waals surface area contributed by atoms with Crippen molar-refractivity contribution in [3.8, 4) is 17.0 Å². The number of hydrogen-bond donors (Lipinski definition) is 1. The van der Waals surface area contributed by atoms with Crippen LogP contribution in [0.25, 0.3) is 11.3 Å². The minimum Gasteiger partial charge on any atom is -0.496 e. The van der Waals surface area contributed by atoms with Crippen LogP contribution in [0.1, 0.15) is 12.8 Å². The Morgan fingerprint density at radius 1 is 1.07 bits per heavy atom. The average molecular weight is 423 g/mol. The molecule has 1 fully saturated rings. The van der Waals surface area contributed by atoms with Gasteiger partial charge in [-0.1, -0.05) is 29.8 Å². The van der Waals surface area contributed by atoms with Gasteiger partial charge in [0.1, 0.15) is 5.75 Å². The number of anilines is 2. The van der Waals surface area contributed by atoms with E-state index < -0.39 is 0 Å². The highest BCUT2D eigenvalue weighted by Crippen LogP contribution is 2.29. The zero-order chi connectivity index (χ0) is 20.9. The Bertz CT molecular complexity index is 1020. The van der Waals surface area contributed by atoms with Crippen LogP contribution >= 0.6 is 11.6 Å². The summed E-state index contributed by atoms with van der Waals surface area (Å²) in [5, 5.41) is 12.4. The first kappa shape index (κ1) is 20.2. The molecule has 2 heterocycles. The standard InChI is InChI=1S/C23H23ClN4O2/c1-30-21-8-3-2-7-19(21)20-9-10-22(27-26-20)28-13-11-16(12-14-28)23(29)25-18-6-4-5-17(24)15-18/h2-10,15-16H,11-14H2,1H3,(H,25,29). The Hall–Kier alpha value is -3.12. The predicted molar refractivity (Wildman–Crippen MR) is 119 cm³/mol. The number of para-hydroxylation sites is 1. The van der Waals surface area contributed by atoms with Crippen molar-refractivity contribution in [2.45, 2.75) is 12.8 Å². The molecule has 1 aliphatic heterocycles. The normalized spacial score (nSPS) is 14.4. The number of aromatic nitrogens is 2. The number of benzene rings is 2. The molecule has 3 aromatic rings. The molecule has 0 bridgehead atoms. The van der Waals surface area contributed by atoms with Gasteiger partial charge < -0.3 is 15.0 Å². The van der Waals surface area contributed by atoms with Crippen LogP contribution in [0.15, 0.2) is 60.7 Å². The summed E-state index contributed by atoms with van der Waals surface area (Å²) in [6, 6.07) is 18.9. The van der Waals surface area contributed by atoms with Gasteiger partial charge in [0.05, 0.1) is 12.8 Å². The van der Waals surface area contributed by atoms with Crippen molar-refractivity contribution in [3.05, 3.63) is 65.7 Å². The van der Waals surface area contributed by atoms with Gasteiger partial charge in [0.15, 0.2) is 5.82 Å². The summed E-state index contributed by atoms with van der Waals surface area (Å²) in [5.74, 6) is 1.60. The Morgan fingerprint density at radius 3 is 2.57 bits per heavy atom. The number of carbonyl (C=O) groups is 1. The van der Waals surface area contributed by atoms with E-state index in [4.69, 9.17) is 16.3 Å². The van der Waals surface area contributed by atoms with E-state index in [2.05, 4.69) is 20.4 Å². The maximum atomic E-state index is 12.6. The molecule has 0 aliphatic carbocycles. The van der Waals surface area contributed by atoms with Crippen molar-refractivity contribution in [1.82, 2.24) is 10.2 Å². The van der Waals surface area contributed by atoms with E-state index in [9.17, 15) is 4.79 Å². The molecule has 154 valence electrons. The molecule has 6 nitrogen and oxygen atoms in total. The van der Waals surface area contributed by atoms with Crippen molar-refractivity contribution in [3.63, 3.8) is 0 Å². The van der Waals surface area contributed by atoms with E-state index in [0.717, 1.165) is 54.4 Å². The lowest BCUT2D eigenvalue weighted by Gasteiger charge is -2.31. The maximum Gasteiger partial charge on any atom is 0.227 e. The van der Waals surface area contributed by atoms with Crippen LogP contribution in [-0.2, 0) is 4.79 Å². The number of methoxy groups -OCH3 is 1. The van der Waals surface area contributed by atoms with E-state index in [0.29, 0.717) is 5.02 Å². The summed E-state index contributed by atoms with van der Waals surface area (Å²) in [4.78, 5) is 14.7.